The molecular formula is C14H16F2N4O. The van der Waals surface area contributed by atoms with Gasteiger partial charge >= 0.3 is 6.01 Å². The first-order valence-corrected chi connectivity index (χ1v) is 6.58. The monoisotopic (exact) mass is 294 g/mol. The molecule has 1 aromatic carbocycles. The average Bonchev–Trinajstić information content (AvgIpc) is 2.49. The van der Waals surface area contributed by atoms with E-state index in [0.29, 0.717) is 12.2 Å². The predicted molar refractivity (Wildman–Crippen MR) is 75.2 cm³/mol. The first-order chi connectivity index (χ1) is 10.1. The van der Waals surface area contributed by atoms with Gasteiger partial charge in [0, 0.05) is 7.05 Å². The van der Waals surface area contributed by atoms with Gasteiger partial charge in [-0.25, -0.2) is 8.78 Å². The summed E-state index contributed by atoms with van der Waals surface area (Å²) in [4.78, 5) is 12.0. The fraction of sp³-hybridized carbons (Fsp3) is 0.357. The highest BCUT2D eigenvalue weighted by Crippen LogP contribution is 2.26. The molecule has 112 valence electrons. The van der Waals surface area contributed by atoms with E-state index in [1.807, 2.05) is 6.92 Å². The summed E-state index contributed by atoms with van der Waals surface area (Å²) in [6.07, 6.45) is 0.767. The first kappa shape index (κ1) is 15.1. The number of aryl methyl sites for hydroxylation is 1. The van der Waals surface area contributed by atoms with E-state index in [2.05, 4.69) is 20.3 Å². The molecule has 0 aliphatic rings. The van der Waals surface area contributed by atoms with Crippen molar-refractivity contribution >= 4 is 5.95 Å². The Balaban J connectivity index is 2.55. The van der Waals surface area contributed by atoms with E-state index < -0.39 is 11.6 Å². The number of hydrogen-bond acceptors (Lipinski definition) is 5. The normalized spacial score (nSPS) is 10.5. The van der Waals surface area contributed by atoms with Crippen LogP contribution >= 0.6 is 0 Å². The molecule has 0 amide bonds. The second-order valence-corrected chi connectivity index (χ2v) is 4.42. The third-order valence-corrected chi connectivity index (χ3v) is 2.78. The van der Waals surface area contributed by atoms with E-state index in [-0.39, 0.29) is 23.3 Å². The number of nitrogens with one attached hydrogen (secondary N) is 1. The van der Waals surface area contributed by atoms with E-state index in [1.165, 1.54) is 12.1 Å². The predicted octanol–water partition coefficient (Wildman–Crippen LogP) is 2.96. The molecule has 0 atom stereocenters. The molecule has 0 fully saturated rings. The molecule has 0 spiro atoms. The third-order valence-electron chi connectivity index (χ3n) is 2.78. The van der Waals surface area contributed by atoms with E-state index in [1.54, 1.807) is 14.0 Å². The molecule has 2 aromatic rings. The van der Waals surface area contributed by atoms with Crippen LogP contribution in [-0.4, -0.2) is 28.6 Å². The van der Waals surface area contributed by atoms with Crippen molar-refractivity contribution in [2.75, 3.05) is 19.0 Å². The van der Waals surface area contributed by atoms with Gasteiger partial charge in [-0.3, -0.25) is 0 Å². The van der Waals surface area contributed by atoms with Crippen LogP contribution in [0.5, 0.6) is 6.01 Å². The quantitative estimate of drug-likeness (QED) is 0.918. The second-order valence-electron chi connectivity index (χ2n) is 4.42. The number of halogens is 2. The van der Waals surface area contributed by atoms with Gasteiger partial charge in [-0.2, -0.15) is 15.0 Å². The van der Waals surface area contributed by atoms with Gasteiger partial charge in [0.25, 0.3) is 0 Å². The van der Waals surface area contributed by atoms with Crippen LogP contribution < -0.4 is 10.1 Å². The summed E-state index contributed by atoms with van der Waals surface area (Å²) in [6.45, 7) is 3.89. The van der Waals surface area contributed by atoms with Crippen LogP contribution in [0.3, 0.4) is 0 Å². The number of hydrogen-bond donors (Lipinski definition) is 1. The molecule has 1 aromatic heterocycles. The van der Waals surface area contributed by atoms with Gasteiger partial charge in [0.05, 0.1) is 12.2 Å². The smallest absolute Gasteiger partial charge is 0.321 e. The van der Waals surface area contributed by atoms with Gasteiger partial charge in [-0.05, 0) is 25.0 Å². The van der Waals surface area contributed by atoms with Crippen LogP contribution in [0.2, 0.25) is 0 Å². The summed E-state index contributed by atoms with van der Waals surface area (Å²) < 4.78 is 33.4. The lowest BCUT2D eigenvalue weighted by Gasteiger charge is -2.09. The molecule has 5 nitrogen and oxygen atoms in total. The third kappa shape index (κ3) is 3.24. The van der Waals surface area contributed by atoms with Crippen molar-refractivity contribution < 1.29 is 13.5 Å². The van der Waals surface area contributed by atoms with Gasteiger partial charge in [0.15, 0.2) is 5.82 Å². The molecule has 7 heteroatoms. The maximum Gasteiger partial charge on any atom is 0.321 e. The molecule has 21 heavy (non-hydrogen) atoms. The number of benzene rings is 1. The maximum atomic E-state index is 14.2. The fourth-order valence-corrected chi connectivity index (χ4v) is 1.70. The highest BCUT2D eigenvalue weighted by Gasteiger charge is 2.18. The van der Waals surface area contributed by atoms with Gasteiger partial charge in [0.2, 0.25) is 5.95 Å². The summed E-state index contributed by atoms with van der Waals surface area (Å²) in [5, 5.41) is 2.72. The largest absolute Gasteiger partial charge is 0.463 e. The minimum atomic E-state index is -0.729. The van der Waals surface area contributed by atoms with Crippen molar-refractivity contribution in [1.29, 1.82) is 0 Å². The molecular weight excluding hydrogens is 278 g/mol. The Hall–Kier alpha value is -2.31. The SMILES string of the molecule is CCCOc1nc(NC)nc(-c2c(F)ccc(C)c2F)n1. The number of nitrogens with zero attached hydrogens (tertiary/aromatic N) is 3. The highest BCUT2D eigenvalue weighted by atomic mass is 19.1. The minimum absolute atomic E-state index is 0.0338. The average molecular weight is 294 g/mol. The zero-order valence-electron chi connectivity index (χ0n) is 12.1. The van der Waals surface area contributed by atoms with E-state index in [0.717, 1.165) is 6.42 Å². The minimum Gasteiger partial charge on any atom is -0.463 e. The number of ether oxygens (including phenoxy) is 1. The van der Waals surface area contributed by atoms with Crippen LogP contribution in [0.25, 0.3) is 11.4 Å². The Labute approximate surface area is 121 Å². The topological polar surface area (TPSA) is 59.9 Å². The van der Waals surface area contributed by atoms with Crippen molar-refractivity contribution in [3.8, 4) is 17.4 Å². The van der Waals surface area contributed by atoms with Crippen molar-refractivity contribution in [1.82, 2.24) is 15.0 Å². The van der Waals surface area contributed by atoms with E-state index in [9.17, 15) is 8.78 Å². The molecule has 2 rings (SSSR count). The number of aromatic nitrogens is 3. The lowest BCUT2D eigenvalue weighted by Crippen LogP contribution is -2.07. The zero-order valence-corrected chi connectivity index (χ0v) is 12.1. The molecule has 0 saturated carbocycles. The Morgan fingerprint density at radius 2 is 1.95 bits per heavy atom. The first-order valence-electron chi connectivity index (χ1n) is 6.58. The lowest BCUT2D eigenvalue weighted by atomic mass is 10.1. The summed E-state index contributed by atoms with van der Waals surface area (Å²) in [5.74, 6) is -1.33. The number of rotatable bonds is 5. The summed E-state index contributed by atoms with van der Waals surface area (Å²) in [7, 11) is 1.60. The lowest BCUT2D eigenvalue weighted by molar-refractivity contribution is 0.292. The van der Waals surface area contributed by atoms with Gasteiger partial charge in [-0.15, -0.1) is 0 Å². The van der Waals surface area contributed by atoms with E-state index >= 15 is 0 Å². The van der Waals surface area contributed by atoms with Crippen molar-refractivity contribution in [3.05, 3.63) is 29.3 Å². The summed E-state index contributed by atoms with van der Waals surface area (Å²) in [6, 6.07) is 2.58. The van der Waals surface area contributed by atoms with E-state index in [4.69, 9.17) is 4.74 Å². The Kier molecular flexibility index (Phi) is 4.62. The van der Waals surface area contributed by atoms with Gasteiger partial charge in [0.1, 0.15) is 11.6 Å². The van der Waals surface area contributed by atoms with Crippen LogP contribution in [0.4, 0.5) is 14.7 Å². The molecule has 0 bridgehead atoms. The number of anilines is 1. The molecule has 0 radical (unpaired) electrons. The van der Waals surface area contributed by atoms with Crippen molar-refractivity contribution in [2.45, 2.75) is 20.3 Å². The van der Waals surface area contributed by atoms with Gasteiger partial charge < -0.3 is 10.1 Å². The molecule has 0 unspecified atom stereocenters. The summed E-state index contributed by atoms with van der Waals surface area (Å²) in [5.41, 5.74) is 0.0316. The molecule has 0 aliphatic carbocycles. The van der Waals surface area contributed by atoms with Crippen LogP contribution in [0, 0.1) is 18.6 Å². The maximum absolute atomic E-state index is 14.2. The standard InChI is InChI=1S/C14H16F2N4O/c1-4-7-21-14-19-12(18-13(17-3)20-14)10-9(15)6-5-8(2)11(10)16/h5-6H,4,7H2,1-3H3,(H,17,18,19,20). The van der Waals surface area contributed by atoms with Crippen LogP contribution in [-0.2, 0) is 0 Å². The molecule has 0 saturated heterocycles. The van der Waals surface area contributed by atoms with Crippen LogP contribution in [0.1, 0.15) is 18.9 Å². The van der Waals surface area contributed by atoms with Crippen molar-refractivity contribution in [2.24, 2.45) is 0 Å². The molecule has 1 heterocycles. The van der Waals surface area contributed by atoms with Crippen LogP contribution in [0.15, 0.2) is 12.1 Å². The fourth-order valence-electron chi connectivity index (χ4n) is 1.70. The highest BCUT2D eigenvalue weighted by molar-refractivity contribution is 5.59. The van der Waals surface area contributed by atoms with Gasteiger partial charge in [-0.1, -0.05) is 13.0 Å². The molecule has 0 aliphatic heterocycles. The Bertz CT molecular complexity index is 649. The second kappa shape index (κ2) is 6.43. The zero-order chi connectivity index (χ0) is 15.4. The molecule has 1 N–H and O–H groups in total. The summed E-state index contributed by atoms with van der Waals surface area (Å²) >= 11 is 0. The Morgan fingerprint density at radius 1 is 1.19 bits per heavy atom. The van der Waals surface area contributed by atoms with Crippen molar-refractivity contribution in [3.63, 3.8) is 0 Å². The Morgan fingerprint density at radius 3 is 2.62 bits per heavy atom.